The molecule has 2 aromatic rings. The summed E-state index contributed by atoms with van der Waals surface area (Å²) in [7, 11) is 0. The number of rotatable bonds is 5. The van der Waals surface area contributed by atoms with Crippen molar-refractivity contribution < 1.29 is 4.79 Å². The summed E-state index contributed by atoms with van der Waals surface area (Å²) in [6.07, 6.45) is 0. The molecule has 0 bridgehead atoms. The molecular weight excluding hydrogens is 276 g/mol. The van der Waals surface area contributed by atoms with Gasteiger partial charge in [0.2, 0.25) is 0 Å². The molecule has 2 aromatic heterocycles. The zero-order valence-electron chi connectivity index (χ0n) is 11.7. The molecular formula is C14H18N2OS2. The van der Waals surface area contributed by atoms with E-state index in [-0.39, 0.29) is 5.78 Å². The van der Waals surface area contributed by atoms with Crippen molar-refractivity contribution in [3.8, 4) is 0 Å². The third-order valence-electron chi connectivity index (χ3n) is 3.11. The molecule has 0 aromatic carbocycles. The molecule has 2 heterocycles. The predicted octanol–water partition coefficient (Wildman–Crippen LogP) is 3.86. The fourth-order valence-electron chi connectivity index (χ4n) is 2.17. The summed E-state index contributed by atoms with van der Waals surface area (Å²) in [5.74, 6) is 0.645. The lowest BCUT2D eigenvalue weighted by Gasteiger charge is -2.05. The second kappa shape index (κ2) is 5.92. The molecule has 0 aliphatic carbocycles. The Hall–Kier alpha value is -1.07. The van der Waals surface area contributed by atoms with Gasteiger partial charge < -0.3 is 4.57 Å². The highest BCUT2D eigenvalue weighted by atomic mass is 32.2. The molecule has 0 amide bonds. The van der Waals surface area contributed by atoms with Gasteiger partial charge in [-0.2, -0.15) is 0 Å². The minimum absolute atomic E-state index is 0.186. The standard InChI is InChI=1S/C14H18N2OS2/c1-5-16-10(3)6-12(11(16)4)13(17)8-19-14-15-9(2)7-18-14/h6-7H,5,8H2,1-4H3. The first kappa shape index (κ1) is 14.3. The molecule has 0 radical (unpaired) electrons. The summed E-state index contributed by atoms with van der Waals surface area (Å²) >= 11 is 3.12. The highest BCUT2D eigenvalue weighted by Gasteiger charge is 2.15. The number of carbonyl (C=O) groups excluding carboxylic acids is 1. The van der Waals surface area contributed by atoms with Crippen LogP contribution in [0.25, 0.3) is 0 Å². The first-order valence-corrected chi connectivity index (χ1v) is 8.14. The van der Waals surface area contributed by atoms with E-state index in [1.807, 2.05) is 32.2 Å². The van der Waals surface area contributed by atoms with Crippen LogP contribution in [0, 0.1) is 20.8 Å². The first-order chi connectivity index (χ1) is 9.02. The lowest BCUT2D eigenvalue weighted by atomic mass is 10.2. The van der Waals surface area contributed by atoms with Gasteiger partial charge in [0.25, 0.3) is 0 Å². The highest BCUT2D eigenvalue weighted by molar-refractivity contribution is 8.01. The van der Waals surface area contributed by atoms with Crippen LogP contribution in [0.15, 0.2) is 15.8 Å². The van der Waals surface area contributed by atoms with Gasteiger partial charge in [0.1, 0.15) is 0 Å². The number of thiazole rings is 1. The van der Waals surface area contributed by atoms with Crippen molar-refractivity contribution in [3.63, 3.8) is 0 Å². The quantitative estimate of drug-likeness (QED) is 0.620. The van der Waals surface area contributed by atoms with Gasteiger partial charge in [0, 0.05) is 34.6 Å². The van der Waals surface area contributed by atoms with Gasteiger partial charge in [-0.3, -0.25) is 4.79 Å². The van der Waals surface area contributed by atoms with Crippen LogP contribution in [0.1, 0.15) is 34.4 Å². The maximum Gasteiger partial charge on any atom is 0.174 e. The molecule has 0 saturated carbocycles. The van der Waals surface area contributed by atoms with Gasteiger partial charge in [-0.1, -0.05) is 11.8 Å². The molecule has 0 N–H and O–H groups in total. The fourth-order valence-corrected chi connectivity index (χ4v) is 3.91. The number of ketones is 1. The topological polar surface area (TPSA) is 34.9 Å². The molecule has 19 heavy (non-hydrogen) atoms. The van der Waals surface area contributed by atoms with E-state index < -0.39 is 0 Å². The maximum atomic E-state index is 12.3. The van der Waals surface area contributed by atoms with Gasteiger partial charge in [-0.25, -0.2) is 4.98 Å². The van der Waals surface area contributed by atoms with Crippen LogP contribution in [-0.2, 0) is 6.54 Å². The van der Waals surface area contributed by atoms with E-state index in [0.717, 1.165) is 33.5 Å². The van der Waals surface area contributed by atoms with Crippen molar-refractivity contribution >= 4 is 28.9 Å². The van der Waals surface area contributed by atoms with E-state index in [0.29, 0.717) is 5.75 Å². The third-order valence-corrected chi connectivity index (χ3v) is 5.25. The molecule has 2 rings (SSSR count). The average molecular weight is 294 g/mol. The predicted molar refractivity (Wildman–Crippen MR) is 81.5 cm³/mol. The molecule has 0 unspecified atom stereocenters. The summed E-state index contributed by atoms with van der Waals surface area (Å²) in [5.41, 5.74) is 4.09. The largest absolute Gasteiger partial charge is 0.349 e. The molecule has 5 heteroatoms. The van der Waals surface area contributed by atoms with Crippen molar-refractivity contribution in [2.45, 2.75) is 38.6 Å². The summed E-state index contributed by atoms with van der Waals surface area (Å²) in [5, 5.41) is 2.01. The lowest BCUT2D eigenvalue weighted by molar-refractivity contribution is 0.102. The van der Waals surface area contributed by atoms with Gasteiger partial charge in [-0.05, 0) is 33.8 Å². The van der Waals surface area contributed by atoms with E-state index in [1.54, 1.807) is 11.3 Å². The summed E-state index contributed by atoms with van der Waals surface area (Å²) in [4.78, 5) is 16.6. The van der Waals surface area contributed by atoms with Crippen molar-refractivity contribution in [2.24, 2.45) is 0 Å². The second-order valence-electron chi connectivity index (χ2n) is 4.50. The Balaban J connectivity index is 2.08. The lowest BCUT2D eigenvalue weighted by Crippen LogP contribution is -2.05. The second-order valence-corrected chi connectivity index (χ2v) is 6.58. The molecule has 0 atom stereocenters. The molecule has 0 aliphatic heterocycles. The number of aryl methyl sites for hydroxylation is 2. The van der Waals surface area contributed by atoms with Crippen molar-refractivity contribution in [2.75, 3.05) is 5.75 Å². The number of hydrogen-bond donors (Lipinski definition) is 0. The molecule has 0 saturated heterocycles. The van der Waals surface area contributed by atoms with Crippen LogP contribution >= 0.6 is 23.1 Å². The average Bonchev–Trinajstić information content (AvgIpc) is 2.90. The van der Waals surface area contributed by atoms with Crippen molar-refractivity contribution in [1.82, 2.24) is 9.55 Å². The number of Topliss-reactive ketones (excluding diaryl/α,β-unsaturated/α-hetero) is 1. The first-order valence-electron chi connectivity index (χ1n) is 6.27. The van der Waals surface area contributed by atoms with Crippen molar-refractivity contribution in [3.05, 3.63) is 34.1 Å². The third kappa shape index (κ3) is 3.09. The Bertz CT molecular complexity index is 599. The zero-order chi connectivity index (χ0) is 14.0. The molecule has 0 fully saturated rings. The van der Waals surface area contributed by atoms with Crippen molar-refractivity contribution in [1.29, 1.82) is 0 Å². The number of aromatic nitrogens is 2. The van der Waals surface area contributed by atoms with E-state index in [9.17, 15) is 4.79 Å². The minimum Gasteiger partial charge on any atom is -0.349 e. The summed E-state index contributed by atoms with van der Waals surface area (Å²) in [6, 6.07) is 1.99. The normalized spacial score (nSPS) is 10.9. The Kier molecular flexibility index (Phi) is 4.47. The van der Waals surface area contributed by atoms with Crippen LogP contribution in [0.3, 0.4) is 0 Å². The molecule has 0 spiro atoms. The highest BCUT2D eigenvalue weighted by Crippen LogP contribution is 2.24. The Labute approximate surface area is 122 Å². The zero-order valence-corrected chi connectivity index (χ0v) is 13.3. The van der Waals surface area contributed by atoms with Crippen LogP contribution in [0.4, 0.5) is 0 Å². The number of thioether (sulfide) groups is 1. The van der Waals surface area contributed by atoms with E-state index in [1.165, 1.54) is 11.8 Å². The number of nitrogens with zero attached hydrogens (tertiary/aromatic N) is 2. The summed E-state index contributed by atoms with van der Waals surface area (Å²) < 4.78 is 3.14. The number of hydrogen-bond acceptors (Lipinski definition) is 4. The Morgan fingerprint density at radius 3 is 2.68 bits per heavy atom. The van der Waals surface area contributed by atoms with Gasteiger partial charge in [-0.15, -0.1) is 11.3 Å². The van der Waals surface area contributed by atoms with E-state index in [4.69, 9.17) is 0 Å². The maximum absolute atomic E-state index is 12.3. The fraction of sp³-hybridized carbons (Fsp3) is 0.429. The van der Waals surface area contributed by atoms with Crippen LogP contribution < -0.4 is 0 Å². The van der Waals surface area contributed by atoms with Crippen LogP contribution in [0.5, 0.6) is 0 Å². The van der Waals surface area contributed by atoms with Gasteiger partial charge in [0.15, 0.2) is 10.1 Å². The van der Waals surface area contributed by atoms with E-state index >= 15 is 0 Å². The molecule has 102 valence electrons. The summed E-state index contributed by atoms with van der Waals surface area (Å²) in [6.45, 7) is 9.04. The van der Waals surface area contributed by atoms with Crippen LogP contribution in [-0.4, -0.2) is 21.1 Å². The molecule has 0 aliphatic rings. The van der Waals surface area contributed by atoms with Gasteiger partial charge >= 0.3 is 0 Å². The smallest absolute Gasteiger partial charge is 0.174 e. The van der Waals surface area contributed by atoms with Crippen LogP contribution in [0.2, 0.25) is 0 Å². The van der Waals surface area contributed by atoms with Gasteiger partial charge in [0.05, 0.1) is 5.75 Å². The Morgan fingerprint density at radius 2 is 2.16 bits per heavy atom. The Morgan fingerprint density at radius 1 is 1.42 bits per heavy atom. The SMILES string of the molecule is CCn1c(C)cc(C(=O)CSc2nc(C)cs2)c1C. The van der Waals surface area contributed by atoms with E-state index in [2.05, 4.69) is 16.5 Å². The molecule has 3 nitrogen and oxygen atoms in total. The monoisotopic (exact) mass is 294 g/mol. The number of carbonyl (C=O) groups is 1. The minimum atomic E-state index is 0.186.